The summed E-state index contributed by atoms with van der Waals surface area (Å²) < 4.78 is 0. The van der Waals surface area contributed by atoms with E-state index in [-0.39, 0.29) is 5.91 Å². The van der Waals surface area contributed by atoms with Crippen LogP contribution in [0.1, 0.15) is 18.4 Å². The topological polar surface area (TPSA) is 58.4 Å². The fourth-order valence-electron chi connectivity index (χ4n) is 2.60. The number of benzene rings is 1. The minimum Gasteiger partial charge on any atom is -0.355 e. The number of hydrogen-bond donors (Lipinski definition) is 2. The fourth-order valence-corrected chi connectivity index (χ4v) is 2.60. The second-order valence-electron chi connectivity index (χ2n) is 5.09. The molecule has 0 bridgehead atoms. The monoisotopic (exact) mass is 261 g/mol. The highest BCUT2D eigenvalue weighted by Gasteiger charge is 2.24. The first-order valence-corrected chi connectivity index (χ1v) is 7.04. The van der Waals surface area contributed by atoms with Crippen LogP contribution in [0.3, 0.4) is 0 Å². The summed E-state index contributed by atoms with van der Waals surface area (Å²) in [5.74, 6) is 0.108. The first kappa shape index (κ1) is 14.0. The normalized spacial score (nSPS) is 19.5. The average Bonchev–Trinajstić information content (AvgIpc) is 2.87. The quantitative estimate of drug-likeness (QED) is 0.795. The van der Waals surface area contributed by atoms with Crippen molar-refractivity contribution in [3.8, 4) is 0 Å². The molecule has 4 heteroatoms. The molecule has 1 atom stereocenters. The molecule has 1 unspecified atom stereocenters. The number of hydrogen-bond acceptors (Lipinski definition) is 3. The molecule has 0 aliphatic carbocycles. The summed E-state index contributed by atoms with van der Waals surface area (Å²) in [6, 6.07) is 10.6. The highest BCUT2D eigenvalue weighted by molar-refractivity contribution is 5.78. The van der Waals surface area contributed by atoms with Gasteiger partial charge in [0, 0.05) is 19.1 Å². The Bertz CT molecular complexity index is 394. The highest BCUT2D eigenvalue weighted by atomic mass is 16.2. The van der Waals surface area contributed by atoms with Crippen LogP contribution >= 0.6 is 0 Å². The Balaban J connectivity index is 1.67. The summed E-state index contributed by atoms with van der Waals surface area (Å²) in [7, 11) is 0. The van der Waals surface area contributed by atoms with Gasteiger partial charge in [0.25, 0.3) is 0 Å². The van der Waals surface area contributed by atoms with Crippen LogP contribution < -0.4 is 11.1 Å². The SMILES string of the molecule is NCC1CCCN1CC(=O)NCCc1ccccc1. The van der Waals surface area contributed by atoms with E-state index in [2.05, 4.69) is 22.3 Å². The smallest absolute Gasteiger partial charge is 0.234 e. The van der Waals surface area contributed by atoms with Crippen molar-refractivity contribution in [2.24, 2.45) is 5.73 Å². The number of nitrogens with one attached hydrogen (secondary N) is 1. The van der Waals surface area contributed by atoms with Crippen LogP contribution in [-0.4, -0.2) is 43.0 Å². The maximum absolute atomic E-state index is 11.9. The van der Waals surface area contributed by atoms with Crippen molar-refractivity contribution in [2.75, 3.05) is 26.2 Å². The summed E-state index contributed by atoms with van der Waals surface area (Å²) in [6.45, 7) is 2.83. The first-order valence-electron chi connectivity index (χ1n) is 7.04. The molecule has 4 nitrogen and oxygen atoms in total. The van der Waals surface area contributed by atoms with Gasteiger partial charge in [-0.15, -0.1) is 0 Å². The number of nitrogens with two attached hydrogens (primary N) is 1. The zero-order valence-corrected chi connectivity index (χ0v) is 11.3. The number of nitrogens with zero attached hydrogens (tertiary/aromatic N) is 1. The van der Waals surface area contributed by atoms with Crippen molar-refractivity contribution >= 4 is 5.91 Å². The number of carbonyl (C=O) groups excluding carboxylic acids is 1. The Morgan fingerprint density at radius 2 is 2.16 bits per heavy atom. The van der Waals surface area contributed by atoms with Crippen LogP contribution in [0, 0.1) is 0 Å². The number of rotatable bonds is 6. The molecule has 0 radical (unpaired) electrons. The van der Waals surface area contributed by atoms with Crippen LogP contribution in [0.5, 0.6) is 0 Å². The summed E-state index contributed by atoms with van der Waals surface area (Å²) in [5.41, 5.74) is 6.96. The Hall–Kier alpha value is -1.39. The Morgan fingerprint density at radius 3 is 2.89 bits per heavy atom. The number of carbonyl (C=O) groups is 1. The van der Waals surface area contributed by atoms with Crippen molar-refractivity contribution in [3.05, 3.63) is 35.9 Å². The molecule has 1 aromatic carbocycles. The van der Waals surface area contributed by atoms with E-state index in [4.69, 9.17) is 5.73 Å². The lowest BCUT2D eigenvalue weighted by molar-refractivity contribution is -0.122. The van der Waals surface area contributed by atoms with Gasteiger partial charge in [0.15, 0.2) is 0 Å². The molecule has 104 valence electrons. The summed E-state index contributed by atoms with van der Waals surface area (Å²) in [4.78, 5) is 14.0. The van der Waals surface area contributed by atoms with Crippen molar-refractivity contribution < 1.29 is 4.79 Å². The van der Waals surface area contributed by atoms with Gasteiger partial charge in [0.1, 0.15) is 0 Å². The van der Waals surface area contributed by atoms with Gasteiger partial charge in [-0.2, -0.15) is 0 Å². The molecule has 1 aliphatic heterocycles. The molecule has 1 fully saturated rings. The second-order valence-corrected chi connectivity index (χ2v) is 5.09. The first-order chi connectivity index (χ1) is 9.29. The average molecular weight is 261 g/mol. The van der Waals surface area contributed by atoms with Gasteiger partial charge in [-0.3, -0.25) is 9.69 Å². The van der Waals surface area contributed by atoms with Crippen molar-refractivity contribution in [3.63, 3.8) is 0 Å². The standard InChI is InChI=1S/C15H23N3O/c16-11-14-7-4-10-18(14)12-15(19)17-9-8-13-5-2-1-3-6-13/h1-3,5-6,14H,4,7-12,16H2,(H,17,19). The summed E-state index contributed by atoms with van der Waals surface area (Å²) >= 11 is 0. The van der Waals surface area contributed by atoms with Gasteiger partial charge >= 0.3 is 0 Å². The molecule has 1 saturated heterocycles. The lowest BCUT2D eigenvalue weighted by Gasteiger charge is -2.22. The molecule has 1 aliphatic rings. The molecule has 0 saturated carbocycles. The van der Waals surface area contributed by atoms with Gasteiger partial charge in [-0.1, -0.05) is 30.3 Å². The second kappa shape index (κ2) is 7.26. The Morgan fingerprint density at radius 1 is 1.37 bits per heavy atom. The van der Waals surface area contributed by atoms with E-state index in [9.17, 15) is 4.79 Å². The molecule has 0 spiro atoms. The van der Waals surface area contributed by atoms with Gasteiger partial charge in [0.05, 0.1) is 6.54 Å². The predicted molar refractivity (Wildman–Crippen MR) is 76.8 cm³/mol. The molecular formula is C15H23N3O. The van der Waals surface area contributed by atoms with Gasteiger partial charge in [0.2, 0.25) is 5.91 Å². The molecule has 1 aromatic rings. The van der Waals surface area contributed by atoms with E-state index in [0.717, 1.165) is 25.8 Å². The molecule has 2 rings (SSSR count). The van der Waals surface area contributed by atoms with Gasteiger partial charge < -0.3 is 11.1 Å². The number of amides is 1. The largest absolute Gasteiger partial charge is 0.355 e. The third-order valence-electron chi connectivity index (χ3n) is 3.70. The van der Waals surface area contributed by atoms with Crippen LogP contribution in [0.15, 0.2) is 30.3 Å². The molecule has 3 N–H and O–H groups in total. The van der Waals surface area contributed by atoms with Crippen molar-refractivity contribution in [1.82, 2.24) is 10.2 Å². The predicted octanol–water partition coefficient (Wildman–Crippen LogP) is 0.768. The lowest BCUT2D eigenvalue weighted by Crippen LogP contribution is -2.42. The maximum Gasteiger partial charge on any atom is 0.234 e. The van der Waals surface area contributed by atoms with E-state index in [1.807, 2.05) is 18.2 Å². The van der Waals surface area contributed by atoms with Crippen LogP contribution in [0.2, 0.25) is 0 Å². The van der Waals surface area contributed by atoms with Gasteiger partial charge in [-0.05, 0) is 31.4 Å². The fraction of sp³-hybridized carbons (Fsp3) is 0.533. The Kier molecular flexibility index (Phi) is 5.36. The lowest BCUT2D eigenvalue weighted by atomic mass is 10.1. The highest BCUT2D eigenvalue weighted by Crippen LogP contribution is 2.15. The van der Waals surface area contributed by atoms with Crippen molar-refractivity contribution in [2.45, 2.75) is 25.3 Å². The molecule has 1 heterocycles. The van der Waals surface area contributed by atoms with Gasteiger partial charge in [-0.25, -0.2) is 0 Å². The van der Waals surface area contributed by atoms with Crippen molar-refractivity contribution in [1.29, 1.82) is 0 Å². The third kappa shape index (κ3) is 4.33. The Labute approximate surface area is 115 Å². The molecule has 0 aromatic heterocycles. The minimum atomic E-state index is 0.108. The summed E-state index contributed by atoms with van der Waals surface area (Å²) in [5, 5.41) is 2.98. The van der Waals surface area contributed by atoms with E-state index >= 15 is 0 Å². The van der Waals surface area contributed by atoms with E-state index in [0.29, 0.717) is 25.7 Å². The maximum atomic E-state index is 11.9. The van der Waals surface area contributed by atoms with Crippen LogP contribution in [0.4, 0.5) is 0 Å². The minimum absolute atomic E-state index is 0.108. The van der Waals surface area contributed by atoms with E-state index < -0.39 is 0 Å². The zero-order valence-electron chi connectivity index (χ0n) is 11.3. The third-order valence-corrected chi connectivity index (χ3v) is 3.70. The van der Waals surface area contributed by atoms with E-state index in [1.54, 1.807) is 0 Å². The molecule has 19 heavy (non-hydrogen) atoms. The molecule has 1 amide bonds. The molecular weight excluding hydrogens is 238 g/mol. The zero-order chi connectivity index (χ0) is 13.5. The van der Waals surface area contributed by atoms with E-state index in [1.165, 1.54) is 5.56 Å². The number of likely N-dealkylation sites (tertiary alicyclic amines) is 1. The van der Waals surface area contributed by atoms with Crippen LogP contribution in [0.25, 0.3) is 0 Å². The summed E-state index contributed by atoms with van der Waals surface area (Å²) in [6.07, 6.45) is 3.15. The van der Waals surface area contributed by atoms with Crippen LogP contribution in [-0.2, 0) is 11.2 Å².